The van der Waals surface area contributed by atoms with Gasteiger partial charge in [0.2, 0.25) is 0 Å². The highest BCUT2D eigenvalue weighted by atomic mass is 17.2. The van der Waals surface area contributed by atoms with Gasteiger partial charge in [-0.3, -0.25) is 14.6 Å². The zero-order chi connectivity index (χ0) is 26.1. The normalized spacial score (nSPS) is 10.1. The molecule has 0 N–H and O–H groups in total. The Morgan fingerprint density at radius 2 is 1.20 bits per heavy atom. The smallest absolute Gasteiger partial charge is 0.342 e. The number of Topliss-reactive ketones (excluding diaryl/α,β-unsaturated/α-hetero) is 1. The van der Waals surface area contributed by atoms with E-state index < -0.39 is 23.9 Å². The minimum atomic E-state index is -0.966. The van der Waals surface area contributed by atoms with Crippen LogP contribution >= 0.6 is 0 Å². The van der Waals surface area contributed by atoms with Gasteiger partial charge < -0.3 is 18.9 Å². The molecule has 2 aromatic rings. The van der Waals surface area contributed by atoms with E-state index in [4.69, 9.17) is 28.7 Å². The molecule has 0 radical (unpaired) electrons. The molecule has 0 aliphatic heterocycles. The molecular weight excluding hydrogens is 464 g/mol. The summed E-state index contributed by atoms with van der Waals surface area (Å²) in [5.41, 5.74) is -0.838. The average molecular weight is 488 g/mol. The molecule has 186 valence electrons. The van der Waals surface area contributed by atoms with Crippen LogP contribution in [-0.4, -0.2) is 58.1 Å². The predicted molar refractivity (Wildman–Crippen MR) is 119 cm³/mol. The van der Waals surface area contributed by atoms with Crippen LogP contribution in [0.3, 0.4) is 0 Å². The highest BCUT2D eigenvalue weighted by molar-refractivity contribution is 6.06. The fourth-order valence-corrected chi connectivity index (χ4v) is 3.06. The van der Waals surface area contributed by atoms with Gasteiger partial charge in [-0.2, -0.15) is 0 Å². The van der Waals surface area contributed by atoms with Crippen LogP contribution in [0.25, 0.3) is 0 Å². The lowest BCUT2D eigenvalue weighted by Gasteiger charge is -2.17. The Labute approximate surface area is 200 Å². The van der Waals surface area contributed by atoms with E-state index in [0.29, 0.717) is 0 Å². The van der Waals surface area contributed by atoms with E-state index in [9.17, 15) is 24.0 Å². The Bertz CT molecular complexity index is 1150. The van der Waals surface area contributed by atoms with E-state index in [1.54, 1.807) is 6.92 Å². The maximum Gasteiger partial charge on any atom is 0.342 e. The molecule has 0 atom stereocenters. The van der Waals surface area contributed by atoms with Crippen molar-refractivity contribution in [2.24, 2.45) is 0 Å². The molecule has 11 heteroatoms. The summed E-state index contributed by atoms with van der Waals surface area (Å²) in [6, 6.07) is 6.70. The molecule has 0 saturated carbocycles. The van der Waals surface area contributed by atoms with Crippen molar-refractivity contribution in [3.8, 4) is 11.5 Å². The average Bonchev–Trinajstić information content (AvgIpc) is 2.89. The summed E-state index contributed by atoms with van der Waals surface area (Å²) in [5.74, 6) is -4.36. The van der Waals surface area contributed by atoms with Gasteiger partial charge in [-0.25, -0.2) is 19.2 Å². The fourth-order valence-electron chi connectivity index (χ4n) is 3.06. The van der Waals surface area contributed by atoms with Crippen LogP contribution in [0, 0.1) is 0 Å². The lowest BCUT2D eigenvalue weighted by atomic mass is 9.98. The summed E-state index contributed by atoms with van der Waals surface area (Å²) in [6.45, 7) is 1.66. The SMILES string of the molecule is CCC(=O)Cc1ccc(C(=O)OC)c(C(=O)OC)c1OOc1cccc(C(=O)OC)c1C(=O)OC. The number of ether oxygens (including phenoxy) is 4. The molecule has 0 fully saturated rings. The molecule has 0 saturated heterocycles. The van der Waals surface area contributed by atoms with Crippen molar-refractivity contribution in [2.45, 2.75) is 19.8 Å². The van der Waals surface area contributed by atoms with E-state index in [2.05, 4.69) is 0 Å². The molecule has 11 nitrogen and oxygen atoms in total. The first kappa shape index (κ1) is 26.8. The summed E-state index contributed by atoms with van der Waals surface area (Å²) in [4.78, 5) is 72.4. The minimum Gasteiger partial charge on any atom is -0.465 e. The van der Waals surface area contributed by atoms with E-state index in [-0.39, 0.29) is 57.9 Å². The number of esters is 4. The first-order valence-electron chi connectivity index (χ1n) is 10.2. The molecule has 2 rings (SSSR count). The lowest BCUT2D eigenvalue weighted by Crippen LogP contribution is -2.19. The van der Waals surface area contributed by atoms with Crippen molar-refractivity contribution in [3.05, 3.63) is 58.1 Å². The minimum absolute atomic E-state index is 0.160. The maximum absolute atomic E-state index is 12.6. The Kier molecular flexibility index (Phi) is 9.33. The second kappa shape index (κ2) is 12.2. The highest BCUT2D eigenvalue weighted by Gasteiger charge is 2.29. The van der Waals surface area contributed by atoms with E-state index >= 15 is 0 Å². The number of carbonyl (C=O) groups excluding carboxylic acids is 5. The van der Waals surface area contributed by atoms with Gasteiger partial charge in [0.15, 0.2) is 11.5 Å². The van der Waals surface area contributed by atoms with Crippen molar-refractivity contribution >= 4 is 29.7 Å². The summed E-state index contributed by atoms with van der Waals surface area (Å²) >= 11 is 0. The Morgan fingerprint density at radius 3 is 1.74 bits per heavy atom. The zero-order valence-electron chi connectivity index (χ0n) is 19.8. The number of ketones is 1. The van der Waals surface area contributed by atoms with Gasteiger partial charge in [0.1, 0.15) is 16.9 Å². The molecular formula is C24H24O11. The summed E-state index contributed by atoms with van der Waals surface area (Å²) < 4.78 is 18.9. The van der Waals surface area contributed by atoms with E-state index in [1.165, 1.54) is 30.3 Å². The van der Waals surface area contributed by atoms with Crippen LogP contribution in [0.5, 0.6) is 11.5 Å². The summed E-state index contributed by atoms with van der Waals surface area (Å²) in [5, 5.41) is 0. The van der Waals surface area contributed by atoms with Crippen molar-refractivity contribution in [1.82, 2.24) is 0 Å². The highest BCUT2D eigenvalue weighted by Crippen LogP contribution is 2.32. The Hall–Kier alpha value is -4.41. The topological polar surface area (TPSA) is 141 Å². The largest absolute Gasteiger partial charge is 0.465 e. The predicted octanol–water partition coefficient (Wildman–Crippen LogP) is 2.73. The summed E-state index contributed by atoms with van der Waals surface area (Å²) in [6.07, 6.45) is 0.0347. The molecule has 0 bridgehead atoms. The standard InChI is InChI=1S/C24H24O11/c1-6-14(25)12-13-10-11-16(22(27)31-3)19(24(29)33-5)20(13)35-34-17-9-7-8-15(21(26)30-2)18(17)23(28)32-4/h7-11H,6,12H2,1-5H3. The van der Waals surface area contributed by atoms with Crippen LogP contribution in [0.1, 0.15) is 60.3 Å². The molecule has 0 spiro atoms. The van der Waals surface area contributed by atoms with Gasteiger partial charge in [-0.05, 0) is 18.2 Å². The maximum atomic E-state index is 12.6. The Balaban J connectivity index is 2.69. The van der Waals surface area contributed by atoms with Crippen molar-refractivity contribution in [1.29, 1.82) is 0 Å². The van der Waals surface area contributed by atoms with Crippen LogP contribution in [0.4, 0.5) is 0 Å². The number of rotatable bonds is 10. The third kappa shape index (κ3) is 5.94. The molecule has 0 aliphatic rings. The molecule has 0 aromatic heterocycles. The van der Waals surface area contributed by atoms with Crippen LogP contribution in [-0.2, 0) is 30.2 Å². The second-order valence-corrected chi connectivity index (χ2v) is 6.86. The molecule has 35 heavy (non-hydrogen) atoms. The quantitative estimate of drug-likeness (QED) is 0.211. The van der Waals surface area contributed by atoms with Crippen molar-refractivity contribution in [2.75, 3.05) is 28.4 Å². The fraction of sp³-hybridized carbons (Fsp3) is 0.292. The first-order chi connectivity index (χ1) is 16.7. The molecule has 0 heterocycles. The van der Waals surface area contributed by atoms with Gasteiger partial charge in [-0.15, -0.1) is 0 Å². The van der Waals surface area contributed by atoms with Gasteiger partial charge in [0.25, 0.3) is 0 Å². The first-order valence-corrected chi connectivity index (χ1v) is 10.2. The van der Waals surface area contributed by atoms with Gasteiger partial charge >= 0.3 is 23.9 Å². The lowest BCUT2D eigenvalue weighted by molar-refractivity contribution is -0.118. The third-order valence-corrected chi connectivity index (χ3v) is 4.85. The number of benzene rings is 2. The second-order valence-electron chi connectivity index (χ2n) is 6.86. The molecule has 0 amide bonds. The third-order valence-electron chi connectivity index (χ3n) is 4.85. The number of methoxy groups -OCH3 is 4. The monoisotopic (exact) mass is 488 g/mol. The van der Waals surface area contributed by atoms with Crippen LogP contribution in [0.2, 0.25) is 0 Å². The molecule has 0 unspecified atom stereocenters. The van der Waals surface area contributed by atoms with Crippen LogP contribution in [0.15, 0.2) is 30.3 Å². The molecule has 2 aromatic carbocycles. The van der Waals surface area contributed by atoms with Gasteiger partial charge in [-0.1, -0.05) is 19.1 Å². The zero-order valence-corrected chi connectivity index (χ0v) is 19.8. The van der Waals surface area contributed by atoms with Crippen molar-refractivity contribution < 1.29 is 52.7 Å². The van der Waals surface area contributed by atoms with Gasteiger partial charge in [0.05, 0.1) is 39.6 Å². The van der Waals surface area contributed by atoms with Gasteiger partial charge in [0, 0.05) is 18.4 Å². The number of hydrogen-bond acceptors (Lipinski definition) is 11. The number of carbonyl (C=O) groups is 5. The van der Waals surface area contributed by atoms with Crippen molar-refractivity contribution in [3.63, 3.8) is 0 Å². The number of hydrogen-bond donors (Lipinski definition) is 0. The van der Waals surface area contributed by atoms with E-state index in [0.717, 1.165) is 28.4 Å². The Morgan fingerprint density at radius 1 is 0.657 bits per heavy atom. The molecule has 0 aliphatic carbocycles. The van der Waals surface area contributed by atoms with Crippen LogP contribution < -0.4 is 9.78 Å². The summed E-state index contributed by atoms with van der Waals surface area (Å²) in [7, 11) is 4.44. The van der Waals surface area contributed by atoms with E-state index in [1.807, 2.05) is 0 Å².